The van der Waals surface area contributed by atoms with Crippen LogP contribution in [-0.4, -0.2) is 11.6 Å². The first-order valence-electron chi connectivity index (χ1n) is 7.68. The van der Waals surface area contributed by atoms with Crippen LogP contribution in [0.2, 0.25) is 0 Å². The fraction of sp³-hybridized carbons (Fsp3) is 0.765. The van der Waals surface area contributed by atoms with Gasteiger partial charge in [0.05, 0.1) is 0 Å². The number of carbonyl (C=O) groups excluding carboxylic acids is 2. The smallest absolute Gasteiger partial charge is 0.158 e. The summed E-state index contributed by atoms with van der Waals surface area (Å²) < 4.78 is 0. The zero-order chi connectivity index (χ0) is 13.8. The van der Waals surface area contributed by atoms with Gasteiger partial charge in [0, 0.05) is 12.3 Å². The molecule has 3 aliphatic carbocycles. The summed E-state index contributed by atoms with van der Waals surface area (Å²) in [6.45, 7) is 6.11. The van der Waals surface area contributed by atoms with E-state index < -0.39 is 0 Å². The van der Waals surface area contributed by atoms with Crippen molar-refractivity contribution in [3.63, 3.8) is 0 Å². The van der Waals surface area contributed by atoms with Crippen LogP contribution in [0.3, 0.4) is 0 Å². The fourth-order valence-corrected chi connectivity index (χ4v) is 5.28. The van der Waals surface area contributed by atoms with Gasteiger partial charge in [-0.1, -0.05) is 12.5 Å². The number of hydrogen-bond acceptors (Lipinski definition) is 2. The maximum Gasteiger partial charge on any atom is 0.158 e. The van der Waals surface area contributed by atoms with Crippen LogP contribution < -0.4 is 0 Å². The van der Waals surface area contributed by atoms with E-state index in [0.29, 0.717) is 23.4 Å². The van der Waals surface area contributed by atoms with Crippen LogP contribution in [0.5, 0.6) is 0 Å². The lowest BCUT2D eigenvalue weighted by molar-refractivity contribution is -0.125. The van der Waals surface area contributed by atoms with Crippen LogP contribution in [0.15, 0.2) is 11.1 Å². The summed E-state index contributed by atoms with van der Waals surface area (Å²) >= 11 is 0. The number of Topliss-reactive ketones (excluding diaryl/α,β-unsaturated/α-hetero) is 2. The van der Waals surface area contributed by atoms with E-state index in [-0.39, 0.29) is 11.3 Å². The summed E-state index contributed by atoms with van der Waals surface area (Å²) in [5.41, 5.74) is 2.67. The molecule has 2 heteroatoms. The molecule has 4 atom stereocenters. The maximum absolute atomic E-state index is 11.9. The average Bonchev–Trinajstić information content (AvgIpc) is 2.71. The Labute approximate surface area is 115 Å². The van der Waals surface area contributed by atoms with E-state index in [1.807, 2.05) is 6.92 Å². The molecule has 19 heavy (non-hydrogen) atoms. The van der Waals surface area contributed by atoms with E-state index in [1.165, 1.54) is 12.0 Å². The molecule has 0 aromatic rings. The normalized spacial score (nSPS) is 42.1. The summed E-state index contributed by atoms with van der Waals surface area (Å²) in [6, 6.07) is 0. The third kappa shape index (κ3) is 1.75. The van der Waals surface area contributed by atoms with Crippen LogP contribution >= 0.6 is 0 Å². The number of carbonyl (C=O) groups is 2. The summed E-state index contributed by atoms with van der Waals surface area (Å²) in [5, 5.41) is 0. The van der Waals surface area contributed by atoms with Gasteiger partial charge in [-0.3, -0.25) is 9.59 Å². The lowest BCUT2D eigenvalue weighted by Crippen LogP contribution is -2.42. The number of hydrogen-bond donors (Lipinski definition) is 0. The SMILES string of the molecule is CC(=O)[C@H]1CC[C@H]2[C@@H]3CCC(=O)C(C)=C3CC[C@]12C. The van der Waals surface area contributed by atoms with Gasteiger partial charge in [0.15, 0.2) is 5.78 Å². The zero-order valence-corrected chi connectivity index (χ0v) is 12.3. The Morgan fingerprint density at radius 1 is 1.21 bits per heavy atom. The van der Waals surface area contributed by atoms with E-state index >= 15 is 0 Å². The molecule has 0 unspecified atom stereocenters. The second kappa shape index (κ2) is 4.29. The molecule has 3 rings (SSSR count). The Balaban J connectivity index is 1.97. The summed E-state index contributed by atoms with van der Waals surface area (Å²) in [4.78, 5) is 23.8. The van der Waals surface area contributed by atoms with Crippen LogP contribution in [0.4, 0.5) is 0 Å². The van der Waals surface area contributed by atoms with Gasteiger partial charge < -0.3 is 0 Å². The maximum atomic E-state index is 11.9. The van der Waals surface area contributed by atoms with Crippen molar-refractivity contribution >= 4 is 11.6 Å². The molecule has 2 saturated carbocycles. The van der Waals surface area contributed by atoms with Gasteiger partial charge in [0.25, 0.3) is 0 Å². The Morgan fingerprint density at radius 2 is 1.95 bits per heavy atom. The second-order valence-corrected chi connectivity index (χ2v) is 7.07. The standard InChI is InChI=1S/C17H24O2/c1-10-12-8-9-17(3)14(11(2)18)5-6-15(17)13(12)4-7-16(10)19/h13-15H,4-9H2,1-3H3/t13-,14-,15+,17-/m1/s1. The van der Waals surface area contributed by atoms with E-state index in [1.54, 1.807) is 6.92 Å². The van der Waals surface area contributed by atoms with Crippen molar-refractivity contribution in [1.82, 2.24) is 0 Å². The predicted octanol–water partition coefficient (Wildman–Crippen LogP) is 3.70. The third-order valence-corrected chi connectivity index (χ3v) is 6.35. The van der Waals surface area contributed by atoms with Gasteiger partial charge >= 0.3 is 0 Å². The molecule has 0 aliphatic heterocycles. The number of ketones is 2. The molecule has 0 N–H and O–H groups in total. The lowest BCUT2D eigenvalue weighted by Gasteiger charge is -2.47. The molecule has 0 aromatic carbocycles. The van der Waals surface area contributed by atoms with E-state index in [9.17, 15) is 9.59 Å². The molecule has 3 aliphatic rings. The number of allylic oxidation sites excluding steroid dienone is 2. The predicted molar refractivity (Wildman–Crippen MR) is 74.7 cm³/mol. The Hall–Kier alpha value is -0.920. The molecule has 104 valence electrons. The molecule has 2 nitrogen and oxygen atoms in total. The summed E-state index contributed by atoms with van der Waals surface area (Å²) in [5.74, 6) is 2.21. The Kier molecular flexibility index (Phi) is 2.95. The molecule has 0 spiro atoms. The van der Waals surface area contributed by atoms with Crippen LogP contribution in [0.25, 0.3) is 0 Å². The molecular formula is C17H24O2. The first-order chi connectivity index (χ1) is 8.95. The minimum absolute atomic E-state index is 0.195. The van der Waals surface area contributed by atoms with E-state index in [0.717, 1.165) is 37.7 Å². The molecule has 2 fully saturated rings. The molecule has 0 amide bonds. The van der Waals surface area contributed by atoms with Gasteiger partial charge in [-0.05, 0) is 68.8 Å². The van der Waals surface area contributed by atoms with Crippen molar-refractivity contribution in [2.24, 2.45) is 23.2 Å². The monoisotopic (exact) mass is 260 g/mol. The van der Waals surface area contributed by atoms with Crippen LogP contribution in [0.1, 0.15) is 59.3 Å². The minimum Gasteiger partial charge on any atom is -0.300 e. The fourth-order valence-electron chi connectivity index (χ4n) is 5.28. The zero-order valence-electron chi connectivity index (χ0n) is 12.3. The first-order valence-corrected chi connectivity index (χ1v) is 7.68. The van der Waals surface area contributed by atoms with Crippen molar-refractivity contribution in [3.05, 3.63) is 11.1 Å². The topological polar surface area (TPSA) is 34.1 Å². The van der Waals surface area contributed by atoms with Gasteiger partial charge in [0.2, 0.25) is 0 Å². The van der Waals surface area contributed by atoms with Crippen molar-refractivity contribution in [2.45, 2.75) is 59.3 Å². The van der Waals surface area contributed by atoms with E-state index in [2.05, 4.69) is 6.92 Å². The largest absolute Gasteiger partial charge is 0.300 e. The molecule has 0 radical (unpaired) electrons. The highest BCUT2D eigenvalue weighted by molar-refractivity contribution is 5.96. The van der Waals surface area contributed by atoms with Gasteiger partial charge in [-0.2, -0.15) is 0 Å². The van der Waals surface area contributed by atoms with Crippen molar-refractivity contribution in [1.29, 1.82) is 0 Å². The second-order valence-electron chi connectivity index (χ2n) is 7.07. The van der Waals surface area contributed by atoms with Crippen LogP contribution in [-0.2, 0) is 9.59 Å². The van der Waals surface area contributed by atoms with Crippen molar-refractivity contribution < 1.29 is 9.59 Å². The highest BCUT2D eigenvalue weighted by atomic mass is 16.1. The Morgan fingerprint density at radius 3 is 2.63 bits per heavy atom. The highest BCUT2D eigenvalue weighted by Crippen LogP contribution is 2.61. The quantitative estimate of drug-likeness (QED) is 0.720. The lowest BCUT2D eigenvalue weighted by atomic mass is 9.56. The summed E-state index contributed by atoms with van der Waals surface area (Å²) in [6.07, 6.45) is 6.12. The number of rotatable bonds is 1. The number of fused-ring (bicyclic) bond motifs is 3. The molecule has 0 bridgehead atoms. The molecule has 0 aromatic heterocycles. The third-order valence-electron chi connectivity index (χ3n) is 6.35. The van der Waals surface area contributed by atoms with Gasteiger partial charge in [-0.15, -0.1) is 0 Å². The highest BCUT2D eigenvalue weighted by Gasteiger charge is 2.54. The first kappa shape index (κ1) is 13.1. The van der Waals surface area contributed by atoms with Crippen molar-refractivity contribution in [2.75, 3.05) is 0 Å². The van der Waals surface area contributed by atoms with E-state index in [4.69, 9.17) is 0 Å². The average molecular weight is 260 g/mol. The van der Waals surface area contributed by atoms with Crippen molar-refractivity contribution in [3.8, 4) is 0 Å². The Bertz CT molecular complexity index is 474. The molecule has 0 heterocycles. The van der Waals surface area contributed by atoms with Gasteiger partial charge in [0.1, 0.15) is 5.78 Å². The molecular weight excluding hydrogens is 236 g/mol. The minimum atomic E-state index is 0.195. The van der Waals surface area contributed by atoms with Crippen LogP contribution in [0, 0.1) is 23.2 Å². The molecule has 0 saturated heterocycles. The summed E-state index contributed by atoms with van der Waals surface area (Å²) in [7, 11) is 0. The van der Waals surface area contributed by atoms with Gasteiger partial charge in [-0.25, -0.2) is 0 Å².